The average molecular weight is 98.4 g/mol. The molecule has 0 aliphatic rings. The molecule has 0 aromatic carbocycles. The topological polar surface area (TPSA) is 23.1 Å². The smallest absolute Gasteiger partial charge is 0.231 e. The van der Waals surface area contributed by atoms with Gasteiger partial charge in [0, 0.05) is 0 Å². The fourth-order valence-electron chi connectivity index (χ4n) is 0. The molecule has 1 nitrogen and oxygen atoms in total. The SMILES string of the molecule is [Na+].[NaH].[O-]Cl. The summed E-state index contributed by atoms with van der Waals surface area (Å²) in [5.41, 5.74) is 0. The fraction of sp³-hybridized carbons (Fsp3) is 0. The number of rotatable bonds is 0. The largest absolute Gasteiger partial charge is 0.769 e. The fourth-order valence-corrected chi connectivity index (χ4v) is 0. The van der Waals surface area contributed by atoms with E-state index in [1.807, 2.05) is 0 Å². The molecule has 0 atom stereocenters. The van der Waals surface area contributed by atoms with E-state index < -0.39 is 0 Å². The molecule has 0 amide bonds. The second-order valence-electron chi connectivity index (χ2n) is 0. The summed E-state index contributed by atoms with van der Waals surface area (Å²) >= 11 is 3.39. The second kappa shape index (κ2) is 18.7. The van der Waals surface area contributed by atoms with Crippen molar-refractivity contribution in [2.24, 2.45) is 0 Å². The first kappa shape index (κ1) is 16.3. The molecule has 0 saturated carbocycles. The van der Waals surface area contributed by atoms with Gasteiger partial charge in [0.1, 0.15) is 0 Å². The average Bonchev–Trinajstić information content (AvgIpc) is 1.00. The molecule has 0 bridgehead atoms. The minimum Gasteiger partial charge on any atom is -0.769 e. The maximum absolute atomic E-state index is 7.72. The van der Waals surface area contributed by atoms with Gasteiger partial charge in [-0.2, -0.15) is 0 Å². The third-order valence-corrected chi connectivity index (χ3v) is 0. The predicted molar refractivity (Wildman–Crippen MR) is 13.0 cm³/mol. The Morgan fingerprint density at radius 3 is 1.25 bits per heavy atom. The van der Waals surface area contributed by atoms with Gasteiger partial charge in [0.15, 0.2) is 0 Å². The van der Waals surface area contributed by atoms with Gasteiger partial charge < -0.3 is 4.66 Å². The molecule has 0 saturated heterocycles. The summed E-state index contributed by atoms with van der Waals surface area (Å²) in [5, 5.41) is 0. The first-order valence-corrected chi connectivity index (χ1v) is 0.463. The molecule has 0 radical (unpaired) electrons. The molecular formula is HClNa2O. The Morgan fingerprint density at radius 2 is 1.25 bits per heavy atom. The standard InChI is InChI=1S/ClO.2Na.H/c1-2;;;/q-1;;+1;. The van der Waals surface area contributed by atoms with Crippen molar-refractivity contribution in [3.8, 4) is 0 Å². The van der Waals surface area contributed by atoms with Crippen molar-refractivity contribution >= 4 is 41.4 Å². The van der Waals surface area contributed by atoms with Gasteiger partial charge in [-0.3, -0.25) is 0 Å². The quantitative estimate of drug-likeness (QED) is 0.282. The van der Waals surface area contributed by atoms with Gasteiger partial charge in [0.05, 0.1) is 0 Å². The molecule has 0 aliphatic heterocycles. The number of hydrogen-bond acceptors (Lipinski definition) is 1. The van der Waals surface area contributed by atoms with Crippen LogP contribution >= 0.6 is 11.9 Å². The monoisotopic (exact) mass is 98.0 g/mol. The van der Waals surface area contributed by atoms with E-state index in [4.69, 9.17) is 4.66 Å². The molecule has 0 aromatic rings. The van der Waals surface area contributed by atoms with E-state index in [1.54, 1.807) is 0 Å². The third-order valence-electron chi connectivity index (χ3n) is 0. The zero-order chi connectivity index (χ0) is 2.00. The van der Waals surface area contributed by atoms with Crippen molar-refractivity contribution in [1.82, 2.24) is 0 Å². The summed E-state index contributed by atoms with van der Waals surface area (Å²) in [5.74, 6) is 0. The van der Waals surface area contributed by atoms with Gasteiger partial charge in [-0.05, 0) is 0 Å². The van der Waals surface area contributed by atoms with Gasteiger partial charge in [-0.25, -0.2) is 11.9 Å². The van der Waals surface area contributed by atoms with E-state index in [0.717, 1.165) is 0 Å². The second-order valence-corrected chi connectivity index (χ2v) is 0. The van der Waals surface area contributed by atoms with Gasteiger partial charge in [-0.1, -0.05) is 0 Å². The van der Waals surface area contributed by atoms with Crippen molar-refractivity contribution in [2.45, 2.75) is 0 Å². The van der Waals surface area contributed by atoms with Gasteiger partial charge in [0.2, 0.25) is 0 Å². The van der Waals surface area contributed by atoms with Crippen LogP contribution in [0.5, 0.6) is 0 Å². The van der Waals surface area contributed by atoms with E-state index in [1.165, 1.54) is 0 Å². The van der Waals surface area contributed by atoms with Gasteiger partial charge in [-0.15, -0.1) is 0 Å². The zero-order valence-corrected chi connectivity index (χ0v) is 4.54. The van der Waals surface area contributed by atoms with Crippen molar-refractivity contribution in [2.75, 3.05) is 0 Å². The Bertz CT molecular complexity index is 6.00. The molecule has 0 fully saturated rings. The Hall–Kier alpha value is 2.25. The van der Waals surface area contributed by atoms with Crippen LogP contribution in [-0.4, -0.2) is 29.6 Å². The van der Waals surface area contributed by atoms with Crippen LogP contribution in [0.3, 0.4) is 0 Å². The maximum atomic E-state index is 7.72. The van der Waals surface area contributed by atoms with Crippen LogP contribution in [0.4, 0.5) is 0 Å². The molecule has 0 spiro atoms. The Kier molecular flexibility index (Phi) is 76.4. The van der Waals surface area contributed by atoms with E-state index in [9.17, 15) is 0 Å². The van der Waals surface area contributed by atoms with Crippen LogP contribution in [0.2, 0.25) is 0 Å². The number of halogens is 1. The first-order valence-electron chi connectivity index (χ1n) is 0.154. The van der Waals surface area contributed by atoms with Crippen LogP contribution in [0.25, 0.3) is 0 Å². The Morgan fingerprint density at radius 1 is 1.25 bits per heavy atom. The normalized spacial score (nSPS) is 1.50. The molecule has 4 heteroatoms. The minimum atomic E-state index is 0. The van der Waals surface area contributed by atoms with Crippen LogP contribution in [-0.2, 0) is 0 Å². The maximum Gasteiger partial charge on any atom is -0.231 e. The first-order chi connectivity index (χ1) is 1.00. The molecule has 0 unspecified atom stereocenters. The van der Waals surface area contributed by atoms with Crippen LogP contribution < -0.4 is 34.2 Å². The van der Waals surface area contributed by atoms with Gasteiger partial charge in [0.25, 0.3) is 0 Å². The molecule has 0 rings (SSSR count). The van der Waals surface area contributed by atoms with E-state index in [0.29, 0.717) is 0 Å². The molecule has 16 valence electrons. The van der Waals surface area contributed by atoms with Crippen molar-refractivity contribution < 1.29 is 34.2 Å². The van der Waals surface area contributed by atoms with E-state index in [2.05, 4.69) is 11.9 Å². The van der Waals surface area contributed by atoms with Gasteiger partial charge >= 0.3 is 59.1 Å². The predicted octanol–water partition coefficient (Wildman–Crippen LogP) is -4.14. The Balaban J connectivity index is -0.00000000500. The van der Waals surface area contributed by atoms with E-state index >= 15 is 0 Å². The molecule has 0 aromatic heterocycles. The number of hydrogen-bond donors (Lipinski definition) is 0. The van der Waals surface area contributed by atoms with E-state index in [-0.39, 0.29) is 59.1 Å². The molecule has 0 heterocycles. The minimum absolute atomic E-state index is 0. The molecule has 0 N–H and O–H groups in total. The van der Waals surface area contributed by atoms with Crippen LogP contribution in [0.1, 0.15) is 0 Å². The third kappa shape index (κ3) is 8.87. The van der Waals surface area contributed by atoms with Crippen molar-refractivity contribution in [3.63, 3.8) is 0 Å². The van der Waals surface area contributed by atoms with Crippen molar-refractivity contribution in [1.29, 1.82) is 0 Å². The Labute approximate surface area is 74.5 Å². The van der Waals surface area contributed by atoms with Crippen molar-refractivity contribution in [3.05, 3.63) is 0 Å². The summed E-state index contributed by atoms with van der Waals surface area (Å²) < 4.78 is 7.72. The summed E-state index contributed by atoms with van der Waals surface area (Å²) in [6, 6.07) is 0. The summed E-state index contributed by atoms with van der Waals surface area (Å²) in [7, 11) is 0. The summed E-state index contributed by atoms with van der Waals surface area (Å²) in [6.07, 6.45) is 0. The molecule has 4 heavy (non-hydrogen) atoms. The summed E-state index contributed by atoms with van der Waals surface area (Å²) in [4.78, 5) is 0. The van der Waals surface area contributed by atoms with Crippen LogP contribution in [0.15, 0.2) is 0 Å². The molecule has 0 aliphatic carbocycles. The summed E-state index contributed by atoms with van der Waals surface area (Å²) in [6.45, 7) is 0. The van der Waals surface area contributed by atoms with Crippen LogP contribution in [0, 0.1) is 0 Å². The zero-order valence-electron chi connectivity index (χ0n) is 1.79. The molecular weight excluding hydrogens is 97.4 g/mol.